The molecule has 0 aliphatic heterocycles. The number of alkyl halides is 3. The largest absolute Gasteiger partial charge is 0.496 e. The molecule has 6 heteroatoms. The van der Waals surface area contributed by atoms with E-state index in [0.29, 0.717) is 15.8 Å². The van der Waals surface area contributed by atoms with E-state index in [4.69, 9.17) is 4.74 Å². The Morgan fingerprint density at radius 1 is 1.39 bits per heavy atom. The number of hydrogen-bond donors (Lipinski definition) is 1. The monoisotopic (exact) mass is 326 g/mol. The highest BCUT2D eigenvalue weighted by Gasteiger charge is 2.26. The van der Waals surface area contributed by atoms with Crippen molar-refractivity contribution in [1.82, 2.24) is 0 Å². The predicted molar refractivity (Wildman–Crippen MR) is 65.6 cm³/mol. The summed E-state index contributed by atoms with van der Waals surface area (Å²) in [5.41, 5.74) is 0.574. The van der Waals surface area contributed by atoms with Crippen molar-refractivity contribution >= 4 is 15.9 Å². The molecule has 0 fully saturated rings. The van der Waals surface area contributed by atoms with Crippen LogP contribution in [0, 0.1) is 0 Å². The minimum atomic E-state index is -4.17. The van der Waals surface area contributed by atoms with Crippen LogP contribution in [0.25, 0.3) is 0 Å². The third-order valence-electron chi connectivity index (χ3n) is 2.50. The van der Waals surface area contributed by atoms with E-state index >= 15 is 0 Å². The zero-order chi connectivity index (χ0) is 13.8. The molecule has 1 aromatic carbocycles. The molecule has 0 spiro atoms. The van der Waals surface area contributed by atoms with Gasteiger partial charge in [0.15, 0.2) is 0 Å². The van der Waals surface area contributed by atoms with Crippen molar-refractivity contribution < 1.29 is 23.0 Å². The molecule has 0 bridgehead atoms. The summed E-state index contributed by atoms with van der Waals surface area (Å²) in [7, 11) is 1.51. The van der Waals surface area contributed by atoms with Crippen LogP contribution in [-0.4, -0.2) is 18.4 Å². The Balaban J connectivity index is 2.56. The minimum Gasteiger partial charge on any atom is -0.496 e. The van der Waals surface area contributed by atoms with Crippen molar-refractivity contribution in [1.29, 1.82) is 0 Å². The number of aliphatic hydroxyl groups is 1. The summed E-state index contributed by atoms with van der Waals surface area (Å²) in [5, 5.41) is 9.78. The molecule has 2 nitrogen and oxygen atoms in total. The van der Waals surface area contributed by atoms with Crippen molar-refractivity contribution in [3.05, 3.63) is 28.2 Å². The van der Waals surface area contributed by atoms with Crippen molar-refractivity contribution in [2.24, 2.45) is 0 Å². The van der Waals surface area contributed by atoms with E-state index in [-0.39, 0.29) is 12.8 Å². The molecular formula is C12H14BrF3O2. The molecule has 102 valence electrons. The van der Waals surface area contributed by atoms with Crippen LogP contribution in [0.3, 0.4) is 0 Å². The van der Waals surface area contributed by atoms with Crippen molar-refractivity contribution in [3.8, 4) is 5.75 Å². The number of benzene rings is 1. The highest BCUT2D eigenvalue weighted by molar-refractivity contribution is 9.10. The van der Waals surface area contributed by atoms with Gasteiger partial charge in [0, 0.05) is 6.42 Å². The van der Waals surface area contributed by atoms with Gasteiger partial charge in [-0.15, -0.1) is 0 Å². The normalized spacial score (nSPS) is 13.4. The van der Waals surface area contributed by atoms with Crippen LogP contribution in [-0.2, 0) is 0 Å². The van der Waals surface area contributed by atoms with E-state index in [9.17, 15) is 18.3 Å². The summed E-state index contributed by atoms with van der Waals surface area (Å²) >= 11 is 3.26. The maximum atomic E-state index is 12.0. The zero-order valence-corrected chi connectivity index (χ0v) is 11.4. The number of halogens is 4. The van der Waals surface area contributed by atoms with E-state index in [2.05, 4.69) is 15.9 Å². The molecular weight excluding hydrogens is 313 g/mol. The molecule has 0 radical (unpaired) electrons. The van der Waals surface area contributed by atoms with E-state index in [0.717, 1.165) is 0 Å². The van der Waals surface area contributed by atoms with Crippen molar-refractivity contribution in [3.63, 3.8) is 0 Å². The van der Waals surface area contributed by atoms with E-state index in [1.165, 1.54) is 7.11 Å². The summed E-state index contributed by atoms with van der Waals surface area (Å²) < 4.78 is 41.6. The maximum absolute atomic E-state index is 12.0. The Bertz CT molecular complexity index is 393. The van der Waals surface area contributed by atoms with Gasteiger partial charge in [0.2, 0.25) is 0 Å². The molecule has 0 aromatic heterocycles. The van der Waals surface area contributed by atoms with Gasteiger partial charge in [0.05, 0.1) is 17.7 Å². The average Bonchev–Trinajstić information content (AvgIpc) is 2.27. The van der Waals surface area contributed by atoms with Gasteiger partial charge < -0.3 is 9.84 Å². The first kappa shape index (κ1) is 15.3. The summed E-state index contributed by atoms with van der Waals surface area (Å²) in [5.74, 6) is 0.612. The summed E-state index contributed by atoms with van der Waals surface area (Å²) in [4.78, 5) is 0. The third kappa shape index (κ3) is 4.86. The lowest BCUT2D eigenvalue weighted by atomic mass is 10.0. The first-order chi connectivity index (χ1) is 8.33. The molecule has 1 aromatic rings. The first-order valence-corrected chi connectivity index (χ1v) is 6.21. The molecule has 18 heavy (non-hydrogen) atoms. The third-order valence-corrected chi connectivity index (χ3v) is 3.12. The number of hydrogen-bond acceptors (Lipinski definition) is 2. The van der Waals surface area contributed by atoms with Crippen LogP contribution >= 0.6 is 15.9 Å². The van der Waals surface area contributed by atoms with Crippen LogP contribution in [0.4, 0.5) is 13.2 Å². The minimum absolute atomic E-state index is 0.0816. The molecule has 0 saturated heterocycles. The van der Waals surface area contributed by atoms with E-state index in [1.807, 2.05) is 0 Å². The first-order valence-electron chi connectivity index (χ1n) is 5.42. The van der Waals surface area contributed by atoms with Gasteiger partial charge in [-0.3, -0.25) is 0 Å². The van der Waals surface area contributed by atoms with Crippen molar-refractivity contribution in [2.75, 3.05) is 7.11 Å². The van der Waals surface area contributed by atoms with Crippen LogP contribution in [0.5, 0.6) is 5.75 Å². The Morgan fingerprint density at radius 3 is 2.56 bits per heavy atom. The van der Waals surface area contributed by atoms with Gasteiger partial charge in [-0.05, 0) is 46.5 Å². The molecule has 0 amide bonds. The standard InChI is InChI=1S/C12H14BrF3O2/c1-18-11-5-4-8(7-9(11)13)10(17)3-2-6-12(14,15)16/h4-5,7,10,17H,2-3,6H2,1H3. The Morgan fingerprint density at radius 2 is 2.06 bits per heavy atom. The lowest BCUT2D eigenvalue weighted by molar-refractivity contribution is -0.136. The van der Waals surface area contributed by atoms with E-state index in [1.54, 1.807) is 18.2 Å². The van der Waals surface area contributed by atoms with Gasteiger partial charge in [-0.1, -0.05) is 6.07 Å². The van der Waals surface area contributed by atoms with E-state index < -0.39 is 18.7 Å². The van der Waals surface area contributed by atoms with Crippen LogP contribution in [0.2, 0.25) is 0 Å². The van der Waals surface area contributed by atoms with Crippen LogP contribution < -0.4 is 4.74 Å². The molecule has 1 atom stereocenters. The molecule has 0 saturated carbocycles. The van der Waals surface area contributed by atoms with Crippen LogP contribution in [0.1, 0.15) is 30.9 Å². The number of ether oxygens (including phenoxy) is 1. The smallest absolute Gasteiger partial charge is 0.389 e. The fraction of sp³-hybridized carbons (Fsp3) is 0.500. The fourth-order valence-corrected chi connectivity index (χ4v) is 2.11. The molecule has 1 rings (SSSR count). The molecule has 0 aliphatic rings. The van der Waals surface area contributed by atoms with Crippen LogP contribution in [0.15, 0.2) is 22.7 Å². The SMILES string of the molecule is COc1ccc(C(O)CCCC(F)(F)F)cc1Br. The highest BCUT2D eigenvalue weighted by atomic mass is 79.9. The average molecular weight is 327 g/mol. The topological polar surface area (TPSA) is 29.5 Å². The maximum Gasteiger partial charge on any atom is 0.389 e. The van der Waals surface area contributed by atoms with Gasteiger partial charge in [0.25, 0.3) is 0 Å². The highest BCUT2D eigenvalue weighted by Crippen LogP contribution is 2.31. The fourth-order valence-electron chi connectivity index (χ4n) is 1.55. The molecule has 0 heterocycles. The van der Waals surface area contributed by atoms with Gasteiger partial charge >= 0.3 is 6.18 Å². The molecule has 1 N–H and O–H groups in total. The van der Waals surface area contributed by atoms with Gasteiger partial charge in [-0.2, -0.15) is 13.2 Å². The lowest BCUT2D eigenvalue weighted by Crippen LogP contribution is -2.08. The Hall–Kier alpha value is -0.750. The second kappa shape index (κ2) is 6.43. The van der Waals surface area contributed by atoms with Gasteiger partial charge in [-0.25, -0.2) is 0 Å². The Labute approximate surface area is 112 Å². The Kier molecular flexibility index (Phi) is 5.47. The number of rotatable bonds is 5. The zero-order valence-electron chi connectivity index (χ0n) is 9.80. The second-order valence-electron chi connectivity index (χ2n) is 3.92. The predicted octanol–water partition coefficient (Wildman–Crippen LogP) is 4.22. The quantitative estimate of drug-likeness (QED) is 0.877. The summed E-state index contributed by atoms with van der Waals surface area (Å²) in [6, 6.07) is 4.95. The summed E-state index contributed by atoms with van der Waals surface area (Å²) in [6.45, 7) is 0. The second-order valence-corrected chi connectivity index (χ2v) is 4.77. The number of aliphatic hydroxyl groups excluding tert-OH is 1. The number of methoxy groups -OCH3 is 1. The molecule has 0 aliphatic carbocycles. The summed E-state index contributed by atoms with van der Waals surface area (Å²) in [6.07, 6.45) is -5.94. The lowest BCUT2D eigenvalue weighted by Gasteiger charge is -2.13. The molecule has 1 unspecified atom stereocenters. The van der Waals surface area contributed by atoms with Crippen molar-refractivity contribution in [2.45, 2.75) is 31.5 Å². The van der Waals surface area contributed by atoms with Gasteiger partial charge in [0.1, 0.15) is 5.75 Å².